The van der Waals surface area contributed by atoms with Crippen LogP contribution in [0.1, 0.15) is 12.8 Å². The first-order valence-corrected chi connectivity index (χ1v) is 8.74. The Morgan fingerprint density at radius 2 is 1.84 bits per heavy atom. The Hall–Kier alpha value is -2.40. The normalized spacial score (nSPS) is 24.8. The number of ether oxygens (including phenoxy) is 1. The lowest BCUT2D eigenvalue weighted by Gasteiger charge is -2.43. The Bertz CT molecular complexity index is 758. The Kier molecular flexibility index (Phi) is 4.40. The highest BCUT2D eigenvalue weighted by Crippen LogP contribution is 2.32. The topological polar surface area (TPSA) is 41.6 Å². The quantitative estimate of drug-likeness (QED) is 0.913. The minimum atomic E-state index is -0.512. The molecule has 0 aromatic heterocycles. The maximum absolute atomic E-state index is 14.4. The van der Waals surface area contributed by atoms with E-state index in [1.54, 1.807) is 12.1 Å². The summed E-state index contributed by atoms with van der Waals surface area (Å²) in [6.07, 6.45) is 1.57. The molecule has 0 aliphatic carbocycles. The van der Waals surface area contributed by atoms with Crippen LogP contribution in [-0.4, -0.2) is 36.7 Å². The zero-order valence-corrected chi connectivity index (χ0v) is 14.0. The van der Waals surface area contributed by atoms with Gasteiger partial charge >= 0.3 is 6.09 Å². The summed E-state index contributed by atoms with van der Waals surface area (Å²) < 4.78 is 20.0. The molecule has 0 radical (unpaired) electrons. The fraction of sp³-hybridized carbons (Fsp3) is 0.350. The summed E-state index contributed by atoms with van der Waals surface area (Å²) in [6, 6.07) is 13.9. The number of hydrogen-bond acceptors (Lipinski definition) is 3. The molecule has 2 aromatic carbocycles. The first-order chi connectivity index (χ1) is 12.2. The van der Waals surface area contributed by atoms with Gasteiger partial charge in [-0.25, -0.2) is 9.18 Å². The van der Waals surface area contributed by atoms with Crippen LogP contribution in [0.25, 0.3) is 11.1 Å². The standard InChI is InChI=1S/C20H21FN2O2/c21-16-7-4-8-17(19(16)15-5-2-1-3-6-15)22-20(24)25-18-13-23-11-9-14(18)10-12-23/h1-8,14,18H,9-13H2,(H,22,24). The molecule has 1 atom stereocenters. The molecule has 4 nitrogen and oxygen atoms in total. The monoisotopic (exact) mass is 340 g/mol. The smallest absolute Gasteiger partial charge is 0.411 e. The average Bonchev–Trinajstić information content (AvgIpc) is 2.63. The van der Waals surface area contributed by atoms with Crippen molar-refractivity contribution in [1.82, 2.24) is 4.90 Å². The Labute approximate surface area is 146 Å². The van der Waals surface area contributed by atoms with Crippen LogP contribution in [-0.2, 0) is 4.74 Å². The highest BCUT2D eigenvalue weighted by atomic mass is 19.1. The van der Waals surface area contributed by atoms with E-state index >= 15 is 0 Å². The van der Waals surface area contributed by atoms with Crippen LogP contribution in [0.4, 0.5) is 14.9 Å². The number of benzene rings is 2. The molecule has 3 heterocycles. The van der Waals surface area contributed by atoms with Crippen molar-refractivity contribution in [2.24, 2.45) is 5.92 Å². The molecule has 5 heteroatoms. The molecule has 3 aliphatic rings. The van der Waals surface area contributed by atoms with Gasteiger partial charge in [-0.2, -0.15) is 0 Å². The number of anilines is 1. The molecule has 3 aliphatic heterocycles. The molecular weight excluding hydrogens is 319 g/mol. The number of amides is 1. The zero-order chi connectivity index (χ0) is 17.2. The molecular formula is C20H21FN2O2. The number of carbonyl (C=O) groups is 1. The van der Waals surface area contributed by atoms with Gasteiger partial charge in [0, 0.05) is 12.1 Å². The predicted molar refractivity (Wildman–Crippen MR) is 94.9 cm³/mol. The molecule has 1 N–H and O–H groups in total. The molecule has 1 amide bonds. The van der Waals surface area contributed by atoms with E-state index in [1.165, 1.54) is 6.07 Å². The molecule has 0 spiro atoms. The van der Waals surface area contributed by atoms with Crippen molar-refractivity contribution in [3.8, 4) is 11.1 Å². The Balaban J connectivity index is 1.51. The van der Waals surface area contributed by atoms with Crippen LogP contribution < -0.4 is 5.32 Å². The molecule has 130 valence electrons. The van der Waals surface area contributed by atoms with Gasteiger partial charge in [-0.15, -0.1) is 0 Å². The van der Waals surface area contributed by atoms with Gasteiger partial charge in [-0.3, -0.25) is 10.2 Å². The van der Waals surface area contributed by atoms with Crippen molar-refractivity contribution in [3.05, 3.63) is 54.3 Å². The molecule has 1 unspecified atom stereocenters. The highest BCUT2D eigenvalue weighted by molar-refractivity contribution is 5.91. The molecule has 2 bridgehead atoms. The Morgan fingerprint density at radius 3 is 2.52 bits per heavy atom. The van der Waals surface area contributed by atoms with Crippen LogP contribution in [0.3, 0.4) is 0 Å². The summed E-state index contributed by atoms with van der Waals surface area (Å²) in [5.74, 6) is 0.0729. The lowest BCUT2D eigenvalue weighted by atomic mass is 9.86. The molecule has 2 aromatic rings. The summed E-state index contributed by atoms with van der Waals surface area (Å²) in [4.78, 5) is 14.7. The Morgan fingerprint density at radius 1 is 1.08 bits per heavy atom. The van der Waals surface area contributed by atoms with E-state index in [9.17, 15) is 9.18 Å². The number of halogens is 1. The summed E-state index contributed by atoms with van der Waals surface area (Å²) in [5, 5.41) is 2.74. The number of carbonyl (C=O) groups excluding carboxylic acids is 1. The van der Waals surface area contributed by atoms with E-state index in [4.69, 9.17) is 4.74 Å². The van der Waals surface area contributed by atoms with Crippen molar-refractivity contribution in [1.29, 1.82) is 0 Å². The van der Waals surface area contributed by atoms with E-state index in [1.807, 2.05) is 30.3 Å². The summed E-state index contributed by atoms with van der Waals surface area (Å²) in [6.45, 7) is 2.98. The number of piperidine rings is 3. The average molecular weight is 340 g/mol. The molecule has 25 heavy (non-hydrogen) atoms. The van der Waals surface area contributed by atoms with Crippen LogP contribution in [0.2, 0.25) is 0 Å². The van der Waals surface area contributed by atoms with E-state index in [2.05, 4.69) is 10.2 Å². The number of hydrogen-bond donors (Lipinski definition) is 1. The number of fused-ring (bicyclic) bond motifs is 3. The van der Waals surface area contributed by atoms with Gasteiger partial charge in [0.25, 0.3) is 0 Å². The van der Waals surface area contributed by atoms with Crippen molar-refractivity contribution in [2.75, 3.05) is 25.0 Å². The van der Waals surface area contributed by atoms with Gasteiger partial charge in [-0.1, -0.05) is 36.4 Å². The van der Waals surface area contributed by atoms with Crippen molar-refractivity contribution in [3.63, 3.8) is 0 Å². The van der Waals surface area contributed by atoms with Gasteiger partial charge in [0.2, 0.25) is 0 Å². The highest BCUT2D eigenvalue weighted by Gasteiger charge is 2.36. The van der Waals surface area contributed by atoms with Crippen LogP contribution in [0, 0.1) is 11.7 Å². The predicted octanol–water partition coefficient (Wildman–Crippen LogP) is 4.14. The van der Waals surface area contributed by atoms with Gasteiger partial charge in [0.15, 0.2) is 0 Å². The van der Waals surface area contributed by atoms with E-state index < -0.39 is 6.09 Å². The minimum Gasteiger partial charge on any atom is -0.444 e. The van der Waals surface area contributed by atoms with Gasteiger partial charge < -0.3 is 4.74 Å². The van der Waals surface area contributed by atoms with Crippen LogP contribution in [0.5, 0.6) is 0 Å². The van der Waals surface area contributed by atoms with Crippen molar-refractivity contribution < 1.29 is 13.9 Å². The molecule has 0 saturated carbocycles. The van der Waals surface area contributed by atoms with Gasteiger partial charge in [0.1, 0.15) is 11.9 Å². The summed E-state index contributed by atoms with van der Waals surface area (Å²) in [7, 11) is 0. The fourth-order valence-electron chi connectivity index (χ4n) is 3.85. The molecule has 3 fully saturated rings. The third-order valence-electron chi connectivity index (χ3n) is 5.17. The zero-order valence-electron chi connectivity index (χ0n) is 14.0. The molecule has 5 rings (SSSR count). The second-order valence-corrected chi connectivity index (χ2v) is 6.74. The maximum Gasteiger partial charge on any atom is 0.411 e. The second kappa shape index (κ2) is 6.84. The number of rotatable bonds is 3. The van der Waals surface area contributed by atoms with E-state index in [0.29, 0.717) is 17.2 Å². The minimum absolute atomic E-state index is 0.0729. The summed E-state index contributed by atoms with van der Waals surface area (Å²) in [5.41, 5.74) is 1.53. The summed E-state index contributed by atoms with van der Waals surface area (Å²) >= 11 is 0. The second-order valence-electron chi connectivity index (χ2n) is 6.74. The fourth-order valence-corrected chi connectivity index (χ4v) is 3.85. The third kappa shape index (κ3) is 3.37. The third-order valence-corrected chi connectivity index (χ3v) is 5.17. The van der Waals surface area contributed by atoms with E-state index in [0.717, 1.165) is 38.0 Å². The lowest BCUT2D eigenvalue weighted by Crippen LogP contribution is -2.52. The number of nitrogens with one attached hydrogen (secondary N) is 1. The van der Waals surface area contributed by atoms with Gasteiger partial charge in [-0.05, 0) is 49.5 Å². The van der Waals surface area contributed by atoms with E-state index in [-0.39, 0.29) is 11.9 Å². The maximum atomic E-state index is 14.4. The SMILES string of the molecule is O=C(Nc1cccc(F)c1-c1ccccc1)OC1CN2CCC1CC2. The van der Waals surface area contributed by atoms with Crippen molar-refractivity contribution in [2.45, 2.75) is 18.9 Å². The van der Waals surface area contributed by atoms with Gasteiger partial charge in [0.05, 0.1) is 5.69 Å². The van der Waals surface area contributed by atoms with Crippen LogP contribution >= 0.6 is 0 Å². The largest absolute Gasteiger partial charge is 0.444 e. The number of nitrogens with zero attached hydrogens (tertiary/aromatic N) is 1. The first kappa shape index (κ1) is 16.1. The van der Waals surface area contributed by atoms with Crippen molar-refractivity contribution >= 4 is 11.8 Å². The van der Waals surface area contributed by atoms with Crippen LogP contribution in [0.15, 0.2) is 48.5 Å². The molecule has 3 saturated heterocycles. The first-order valence-electron chi connectivity index (χ1n) is 8.74. The lowest BCUT2D eigenvalue weighted by molar-refractivity contribution is -0.0289.